The molecule has 0 unspecified atom stereocenters. The summed E-state index contributed by atoms with van der Waals surface area (Å²) in [6.07, 6.45) is 13.9. The Kier molecular flexibility index (Phi) is 9.14. The van der Waals surface area contributed by atoms with Crippen LogP contribution in [0.4, 0.5) is 0 Å². The molecule has 1 aliphatic heterocycles. The summed E-state index contributed by atoms with van der Waals surface area (Å²) in [6.45, 7) is 7.76. The molecule has 4 nitrogen and oxygen atoms in total. The number of carbonyl (C=O) groups is 1. The van der Waals surface area contributed by atoms with Crippen molar-refractivity contribution in [2.75, 3.05) is 20.2 Å². The molecule has 0 bridgehead atoms. The molecule has 1 fully saturated rings. The minimum absolute atomic E-state index is 0.192. The number of allylic oxidation sites excluding steroid dienone is 5. The van der Waals surface area contributed by atoms with Crippen molar-refractivity contribution >= 4 is 21.8 Å². The van der Waals surface area contributed by atoms with Crippen molar-refractivity contribution in [2.24, 2.45) is 0 Å². The fraction of sp³-hybridized carbons (Fsp3) is 0.389. The number of amides is 1. The number of rotatable bonds is 7. The van der Waals surface area contributed by atoms with Gasteiger partial charge in [-0.2, -0.15) is 0 Å². The zero-order chi connectivity index (χ0) is 17.1. The number of nitrogens with zero attached hydrogens (tertiary/aromatic N) is 1. The van der Waals surface area contributed by atoms with Gasteiger partial charge in [-0.1, -0.05) is 24.8 Å². The van der Waals surface area contributed by atoms with Crippen LogP contribution in [0.5, 0.6) is 0 Å². The van der Waals surface area contributed by atoms with E-state index in [1.165, 1.54) is 25.3 Å². The Bertz CT molecular complexity index is 527. The number of ether oxygens (including phenoxy) is 1. The predicted molar refractivity (Wildman–Crippen MR) is 98.8 cm³/mol. The van der Waals surface area contributed by atoms with Crippen LogP contribution in [-0.2, 0) is 9.53 Å². The van der Waals surface area contributed by atoms with E-state index in [9.17, 15) is 4.79 Å². The lowest BCUT2D eigenvalue weighted by atomic mass is 10.1. The van der Waals surface area contributed by atoms with Crippen molar-refractivity contribution in [3.05, 3.63) is 59.1 Å². The van der Waals surface area contributed by atoms with Gasteiger partial charge < -0.3 is 15.0 Å². The zero-order valence-corrected chi connectivity index (χ0v) is 15.4. The van der Waals surface area contributed by atoms with Gasteiger partial charge in [-0.15, -0.1) is 0 Å². The Hall–Kier alpha value is -1.75. The van der Waals surface area contributed by atoms with Crippen LogP contribution in [0.2, 0.25) is 0 Å². The van der Waals surface area contributed by atoms with E-state index in [2.05, 4.69) is 32.7 Å². The molecule has 0 aromatic carbocycles. The topological polar surface area (TPSA) is 41.6 Å². The van der Waals surface area contributed by atoms with Crippen LogP contribution in [0.25, 0.3) is 0 Å². The highest BCUT2D eigenvalue weighted by atomic mass is 79.9. The van der Waals surface area contributed by atoms with E-state index in [-0.39, 0.29) is 5.91 Å². The van der Waals surface area contributed by atoms with Gasteiger partial charge in [0.15, 0.2) is 4.67 Å². The second kappa shape index (κ2) is 10.9. The van der Waals surface area contributed by atoms with Gasteiger partial charge in [0.25, 0.3) is 0 Å². The van der Waals surface area contributed by atoms with Gasteiger partial charge in [-0.05, 0) is 54.3 Å². The number of halogens is 1. The Labute approximate surface area is 147 Å². The van der Waals surface area contributed by atoms with Crippen molar-refractivity contribution in [3.63, 3.8) is 0 Å². The number of hydrogen-bond donors (Lipinski definition) is 1. The molecule has 1 heterocycles. The third-order valence-electron chi connectivity index (χ3n) is 3.46. The molecule has 126 valence electrons. The summed E-state index contributed by atoms with van der Waals surface area (Å²) in [5, 5.41) is 2.93. The molecule has 5 heteroatoms. The SMILES string of the molecule is C=C/C=C(NC(=O)/C=C/C=C(/Br)OC)\C(=C/C)N1CCCCC1. The minimum Gasteiger partial charge on any atom is -0.490 e. The number of piperidine rings is 1. The van der Waals surface area contributed by atoms with Gasteiger partial charge in [-0.25, -0.2) is 0 Å². The monoisotopic (exact) mass is 380 g/mol. The van der Waals surface area contributed by atoms with Crippen molar-refractivity contribution in [2.45, 2.75) is 26.2 Å². The Balaban J connectivity index is 2.79. The summed E-state index contributed by atoms with van der Waals surface area (Å²) in [7, 11) is 1.55. The van der Waals surface area contributed by atoms with E-state index >= 15 is 0 Å². The maximum absolute atomic E-state index is 12.1. The van der Waals surface area contributed by atoms with Crippen molar-refractivity contribution < 1.29 is 9.53 Å². The fourth-order valence-electron chi connectivity index (χ4n) is 2.41. The normalized spacial score (nSPS) is 17.3. The molecule has 1 N–H and O–H groups in total. The second-order valence-electron chi connectivity index (χ2n) is 5.06. The molecule has 1 rings (SSSR count). The molecule has 0 aromatic heterocycles. The maximum Gasteiger partial charge on any atom is 0.248 e. The number of hydrogen-bond acceptors (Lipinski definition) is 3. The van der Waals surface area contributed by atoms with E-state index in [0.29, 0.717) is 4.67 Å². The van der Waals surface area contributed by atoms with Crippen LogP contribution in [0.3, 0.4) is 0 Å². The number of methoxy groups -OCH3 is 1. The molecule has 1 aliphatic rings. The minimum atomic E-state index is -0.192. The molecule has 1 saturated heterocycles. The standard InChI is InChI=1S/C18H25BrN2O2/c1-4-10-15(16(5-2)21-13-7-6-8-14-21)20-18(22)12-9-11-17(19)23-3/h4-5,9-12H,1,6-8,13-14H2,2-3H3,(H,20,22)/b12-9+,15-10+,16-5+,17-11-. The largest absolute Gasteiger partial charge is 0.490 e. The van der Waals surface area contributed by atoms with Gasteiger partial charge in [0.1, 0.15) is 0 Å². The summed E-state index contributed by atoms with van der Waals surface area (Å²) in [5.74, 6) is -0.192. The quantitative estimate of drug-likeness (QED) is 0.412. The summed E-state index contributed by atoms with van der Waals surface area (Å²) in [4.78, 5) is 14.4. The van der Waals surface area contributed by atoms with E-state index < -0.39 is 0 Å². The molecule has 1 amide bonds. The summed E-state index contributed by atoms with van der Waals surface area (Å²) < 4.78 is 5.50. The average molecular weight is 381 g/mol. The van der Waals surface area contributed by atoms with E-state index in [1.54, 1.807) is 25.3 Å². The molecule has 0 radical (unpaired) electrons. The fourth-order valence-corrected chi connectivity index (χ4v) is 2.56. The van der Waals surface area contributed by atoms with Crippen molar-refractivity contribution in [1.82, 2.24) is 10.2 Å². The molecule has 0 aromatic rings. The molecule has 0 atom stereocenters. The van der Waals surface area contributed by atoms with Crippen LogP contribution in [0, 0.1) is 0 Å². The lowest BCUT2D eigenvalue weighted by Crippen LogP contribution is -2.34. The highest BCUT2D eigenvalue weighted by Gasteiger charge is 2.16. The van der Waals surface area contributed by atoms with Crippen molar-refractivity contribution in [1.29, 1.82) is 0 Å². The zero-order valence-electron chi connectivity index (χ0n) is 13.8. The Morgan fingerprint density at radius 1 is 1.26 bits per heavy atom. The first-order valence-electron chi connectivity index (χ1n) is 7.75. The highest BCUT2D eigenvalue weighted by molar-refractivity contribution is 9.11. The maximum atomic E-state index is 12.1. The van der Waals surface area contributed by atoms with E-state index in [4.69, 9.17) is 4.74 Å². The highest BCUT2D eigenvalue weighted by Crippen LogP contribution is 2.19. The first kappa shape index (κ1) is 19.3. The van der Waals surface area contributed by atoms with Crippen molar-refractivity contribution in [3.8, 4) is 0 Å². The Morgan fingerprint density at radius 3 is 2.52 bits per heavy atom. The van der Waals surface area contributed by atoms with Crippen LogP contribution in [0.15, 0.2) is 59.1 Å². The van der Waals surface area contributed by atoms with Gasteiger partial charge >= 0.3 is 0 Å². The van der Waals surface area contributed by atoms with Gasteiger partial charge in [0.2, 0.25) is 5.91 Å². The predicted octanol–water partition coefficient (Wildman–Crippen LogP) is 4.00. The number of nitrogens with one attached hydrogen (secondary N) is 1. The third kappa shape index (κ3) is 6.91. The van der Waals surface area contributed by atoms with Crippen LogP contribution in [-0.4, -0.2) is 31.0 Å². The molecule has 0 saturated carbocycles. The summed E-state index contributed by atoms with van der Waals surface area (Å²) in [6, 6.07) is 0. The molecule has 0 spiro atoms. The first-order chi connectivity index (χ1) is 11.1. The third-order valence-corrected chi connectivity index (χ3v) is 4.05. The smallest absolute Gasteiger partial charge is 0.248 e. The van der Waals surface area contributed by atoms with Gasteiger partial charge in [0, 0.05) is 19.2 Å². The van der Waals surface area contributed by atoms with Gasteiger partial charge in [-0.3, -0.25) is 4.79 Å². The first-order valence-corrected chi connectivity index (χ1v) is 8.54. The lowest BCUT2D eigenvalue weighted by molar-refractivity contribution is -0.115. The summed E-state index contributed by atoms with van der Waals surface area (Å²) >= 11 is 3.20. The van der Waals surface area contributed by atoms with Crippen LogP contribution < -0.4 is 5.32 Å². The van der Waals surface area contributed by atoms with Crippen LogP contribution >= 0.6 is 15.9 Å². The number of carbonyl (C=O) groups excluding carboxylic acids is 1. The second-order valence-corrected chi connectivity index (χ2v) is 5.84. The molecule has 0 aliphatic carbocycles. The number of likely N-dealkylation sites (tertiary alicyclic amines) is 1. The average Bonchev–Trinajstić information content (AvgIpc) is 2.56. The van der Waals surface area contributed by atoms with Crippen LogP contribution in [0.1, 0.15) is 26.2 Å². The van der Waals surface area contributed by atoms with Gasteiger partial charge in [0.05, 0.1) is 18.5 Å². The molecular weight excluding hydrogens is 356 g/mol. The van der Waals surface area contributed by atoms with E-state index in [1.807, 2.05) is 19.1 Å². The molecule has 23 heavy (non-hydrogen) atoms. The lowest BCUT2D eigenvalue weighted by Gasteiger charge is -2.32. The van der Waals surface area contributed by atoms with E-state index in [0.717, 1.165) is 24.5 Å². The Morgan fingerprint density at radius 2 is 1.96 bits per heavy atom. The summed E-state index contributed by atoms with van der Waals surface area (Å²) in [5.41, 5.74) is 1.81. The molecular formula is C18H25BrN2O2.